The summed E-state index contributed by atoms with van der Waals surface area (Å²) in [5.41, 5.74) is 0.359. The van der Waals surface area contributed by atoms with Crippen molar-refractivity contribution in [1.82, 2.24) is 4.98 Å². The quantitative estimate of drug-likeness (QED) is 0.479. The van der Waals surface area contributed by atoms with E-state index in [2.05, 4.69) is 10.3 Å². The average Bonchev–Trinajstić information content (AvgIpc) is 2.71. The maximum absolute atomic E-state index is 12.8. The van der Waals surface area contributed by atoms with Crippen LogP contribution < -0.4 is 5.32 Å². The number of alkyl halides is 3. The molecule has 3 rings (SSSR count). The molecule has 1 N–H and O–H groups in total. The fourth-order valence-electron chi connectivity index (χ4n) is 2.61. The van der Waals surface area contributed by atoms with Crippen molar-refractivity contribution in [2.75, 3.05) is 5.32 Å². The van der Waals surface area contributed by atoms with Crippen LogP contribution in [0.3, 0.4) is 0 Å². The molecule has 2 aromatic carbocycles. The number of pyridine rings is 1. The first-order chi connectivity index (χ1) is 14.2. The monoisotopic (exact) mass is 414 g/mol. The zero-order valence-electron chi connectivity index (χ0n) is 15.8. The lowest BCUT2D eigenvalue weighted by Crippen LogP contribution is -2.29. The van der Waals surface area contributed by atoms with Crippen molar-refractivity contribution >= 4 is 34.5 Å². The number of nitrogens with zero attached hydrogens (tertiary/aromatic N) is 1. The van der Waals surface area contributed by atoms with Crippen LogP contribution >= 0.6 is 0 Å². The number of aromatic nitrogens is 1. The number of ether oxygens (including phenoxy) is 1. The molecule has 1 amide bonds. The van der Waals surface area contributed by atoms with Crippen molar-refractivity contribution < 1.29 is 27.5 Å². The molecule has 0 aliphatic carbocycles. The predicted octanol–water partition coefficient (Wildman–Crippen LogP) is 4.84. The molecule has 154 valence electrons. The molecule has 30 heavy (non-hydrogen) atoms. The van der Waals surface area contributed by atoms with Crippen molar-refractivity contribution in [1.29, 1.82) is 0 Å². The fraction of sp³-hybridized carbons (Fsp3) is 0.136. The summed E-state index contributed by atoms with van der Waals surface area (Å²) in [6.07, 6.45) is -3.15. The number of para-hydroxylation sites is 1. The van der Waals surface area contributed by atoms with Gasteiger partial charge in [0.05, 0.1) is 16.8 Å². The van der Waals surface area contributed by atoms with Crippen LogP contribution in [0.2, 0.25) is 0 Å². The number of carbonyl (C=O) groups excluding carboxylic acids is 2. The van der Waals surface area contributed by atoms with Crippen molar-refractivity contribution in [3.63, 3.8) is 0 Å². The maximum Gasteiger partial charge on any atom is 0.416 e. The SMILES string of the molecule is CC(OC(=O)/C=C/c1ccc2ccccc2n1)C(=O)Nc1cccc(C(F)(F)F)c1. The molecule has 0 saturated heterocycles. The number of hydrogen-bond acceptors (Lipinski definition) is 4. The molecule has 0 aliphatic rings. The van der Waals surface area contributed by atoms with Gasteiger partial charge in [0.25, 0.3) is 5.91 Å². The molecule has 3 aromatic rings. The maximum atomic E-state index is 12.8. The van der Waals surface area contributed by atoms with Crippen molar-refractivity contribution in [2.24, 2.45) is 0 Å². The van der Waals surface area contributed by atoms with Gasteiger partial charge in [-0.1, -0.05) is 30.3 Å². The number of carbonyl (C=O) groups is 2. The lowest BCUT2D eigenvalue weighted by molar-refractivity contribution is -0.148. The van der Waals surface area contributed by atoms with Crippen LogP contribution in [-0.2, 0) is 20.5 Å². The molecule has 0 fully saturated rings. The molecule has 1 atom stereocenters. The Hall–Kier alpha value is -3.68. The number of fused-ring (bicyclic) bond motifs is 1. The number of rotatable bonds is 5. The summed E-state index contributed by atoms with van der Waals surface area (Å²) < 4.78 is 43.3. The Kier molecular flexibility index (Phi) is 6.15. The Labute approximate surface area is 170 Å². The molecule has 0 bridgehead atoms. The van der Waals surface area contributed by atoms with Crippen LogP contribution in [0.4, 0.5) is 18.9 Å². The molecule has 1 unspecified atom stereocenters. The van der Waals surface area contributed by atoms with E-state index in [4.69, 9.17) is 4.74 Å². The summed E-state index contributed by atoms with van der Waals surface area (Å²) in [5, 5.41) is 3.26. The second-order valence-corrected chi connectivity index (χ2v) is 6.41. The zero-order chi connectivity index (χ0) is 21.7. The molecule has 1 heterocycles. The van der Waals surface area contributed by atoms with Gasteiger partial charge in [0.1, 0.15) is 0 Å². The van der Waals surface area contributed by atoms with Crippen LogP contribution in [0, 0.1) is 0 Å². The van der Waals surface area contributed by atoms with Crippen LogP contribution in [0.1, 0.15) is 18.2 Å². The number of halogens is 3. The molecule has 1 aromatic heterocycles. The highest BCUT2D eigenvalue weighted by Gasteiger charge is 2.30. The standard InChI is InChI=1S/C22H17F3N2O3/c1-14(21(29)27-18-7-4-6-16(13-18)22(23,24)25)30-20(28)12-11-17-10-9-15-5-2-3-8-19(15)26-17/h2-14H,1H3,(H,27,29)/b12-11+. The van der Waals surface area contributed by atoms with E-state index in [-0.39, 0.29) is 5.69 Å². The summed E-state index contributed by atoms with van der Waals surface area (Å²) in [6.45, 7) is 1.32. The lowest BCUT2D eigenvalue weighted by atomic mass is 10.2. The van der Waals surface area contributed by atoms with Gasteiger partial charge >= 0.3 is 12.1 Å². The molecule has 0 saturated carbocycles. The number of esters is 1. The minimum Gasteiger partial charge on any atom is -0.449 e. The number of benzene rings is 2. The second-order valence-electron chi connectivity index (χ2n) is 6.41. The summed E-state index contributed by atoms with van der Waals surface area (Å²) in [6, 6.07) is 15.3. The highest BCUT2D eigenvalue weighted by Crippen LogP contribution is 2.30. The summed E-state index contributed by atoms with van der Waals surface area (Å²) >= 11 is 0. The van der Waals surface area contributed by atoms with Crippen LogP contribution in [-0.4, -0.2) is 23.0 Å². The Morgan fingerprint density at radius 2 is 1.83 bits per heavy atom. The first-order valence-corrected chi connectivity index (χ1v) is 8.95. The molecule has 0 spiro atoms. The van der Waals surface area contributed by atoms with E-state index < -0.39 is 29.7 Å². The number of anilines is 1. The smallest absolute Gasteiger partial charge is 0.416 e. The van der Waals surface area contributed by atoms with Gasteiger partial charge in [-0.25, -0.2) is 9.78 Å². The minimum absolute atomic E-state index is 0.0476. The number of amides is 1. The summed E-state index contributed by atoms with van der Waals surface area (Å²) in [7, 11) is 0. The second kappa shape index (κ2) is 8.77. The first-order valence-electron chi connectivity index (χ1n) is 8.95. The molecular formula is C22H17F3N2O3. The van der Waals surface area contributed by atoms with Gasteiger partial charge in [-0.05, 0) is 43.3 Å². The van der Waals surface area contributed by atoms with E-state index in [1.165, 1.54) is 25.1 Å². The topological polar surface area (TPSA) is 68.3 Å². The third-order valence-electron chi connectivity index (χ3n) is 4.13. The summed E-state index contributed by atoms with van der Waals surface area (Å²) in [4.78, 5) is 28.5. The third-order valence-corrected chi connectivity index (χ3v) is 4.13. The fourth-order valence-corrected chi connectivity index (χ4v) is 2.61. The predicted molar refractivity (Wildman–Crippen MR) is 106 cm³/mol. The van der Waals surface area contributed by atoms with Gasteiger partial charge in [0.2, 0.25) is 0 Å². The van der Waals surface area contributed by atoms with Gasteiger partial charge in [-0.3, -0.25) is 4.79 Å². The van der Waals surface area contributed by atoms with Crippen molar-refractivity contribution in [3.8, 4) is 0 Å². The summed E-state index contributed by atoms with van der Waals surface area (Å²) in [5.74, 6) is -1.53. The molecule has 5 nitrogen and oxygen atoms in total. The van der Waals surface area contributed by atoms with E-state index in [1.54, 1.807) is 6.07 Å². The average molecular weight is 414 g/mol. The highest BCUT2D eigenvalue weighted by atomic mass is 19.4. The van der Waals surface area contributed by atoms with Gasteiger partial charge in [-0.15, -0.1) is 0 Å². The third kappa shape index (κ3) is 5.44. The lowest BCUT2D eigenvalue weighted by Gasteiger charge is -2.13. The Morgan fingerprint density at radius 3 is 2.60 bits per heavy atom. The largest absolute Gasteiger partial charge is 0.449 e. The number of hydrogen-bond donors (Lipinski definition) is 1. The molecule has 8 heteroatoms. The Morgan fingerprint density at radius 1 is 1.07 bits per heavy atom. The van der Waals surface area contributed by atoms with Crippen LogP contribution in [0.15, 0.2) is 66.7 Å². The van der Waals surface area contributed by atoms with E-state index in [9.17, 15) is 22.8 Å². The Balaban J connectivity index is 1.59. The van der Waals surface area contributed by atoms with E-state index in [0.29, 0.717) is 5.69 Å². The van der Waals surface area contributed by atoms with Gasteiger partial charge in [-0.2, -0.15) is 13.2 Å². The normalized spacial score (nSPS) is 12.7. The van der Waals surface area contributed by atoms with E-state index in [0.717, 1.165) is 29.1 Å². The van der Waals surface area contributed by atoms with Gasteiger partial charge in [0, 0.05) is 17.1 Å². The van der Waals surface area contributed by atoms with Crippen LogP contribution in [0.5, 0.6) is 0 Å². The van der Waals surface area contributed by atoms with Crippen molar-refractivity contribution in [3.05, 3.63) is 78.0 Å². The Bertz CT molecular complexity index is 1110. The van der Waals surface area contributed by atoms with Crippen molar-refractivity contribution in [2.45, 2.75) is 19.2 Å². The van der Waals surface area contributed by atoms with Crippen LogP contribution in [0.25, 0.3) is 17.0 Å². The van der Waals surface area contributed by atoms with Gasteiger partial charge in [0.15, 0.2) is 6.10 Å². The van der Waals surface area contributed by atoms with E-state index >= 15 is 0 Å². The van der Waals surface area contributed by atoms with E-state index in [1.807, 2.05) is 30.3 Å². The molecule has 0 radical (unpaired) electrons. The number of nitrogens with one attached hydrogen (secondary N) is 1. The highest BCUT2D eigenvalue weighted by molar-refractivity contribution is 5.96. The molecule has 0 aliphatic heterocycles. The van der Waals surface area contributed by atoms with Gasteiger partial charge < -0.3 is 10.1 Å². The first kappa shape index (κ1) is 21.0. The molecular weight excluding hydrogens is 397 g/mol. The minimum atomic E-state index is -4.53. The zero-order valence-corrected chi connectivity index (χ0v) is 15.8.